The first-order valence-electron chi connectivity index (χ1n) is 6.44. The van der Waals surface area contributed by atoms with Crippen molar-refractivity contribution < 1.29 is 4.74 Å². The van der Waals surface area contributed by atoms with Gasteiger partial charge in [0.15, 0.2) is 11.6 Å². The molecule has 0 aliphatic carbocycles. The van der Waals surface area contributed by atoms with E-state index in [0.29, 0.717) is 11.6 Å². The molecule has 1 aliphatic rings. The van der Waals surface area contributed by atoms with Gasteiger partial charge in [-0.3, -0.25) is 0 Å². The maximum Gasteiger partial charge on any atom is 0.205 e. The number of thiophene rings is 1. The van der Waals surface area contributed by atoms with Crippen LogP contribution in [-0.4, -0.2) is 23.6 Å². The van der Waals surface area contributed by atoms with Crippen LogP contribution in [0.15, 0.2) is 17.8 Å². The van der Waals surface area contributed by atoms with E-state index in [4.69, 9.17) is 10.6 Å². The fourth-order valence-electron chi connectivity index (χ4n) is 2.66. The molecule has 106 valence electrons. The molecule has 0 spiro atoms. The van der Waals surface area contributed by atoms with Crippen LogP contribution < -0.4 is 20.9 Å². The summed E-state index contributed by atoms with van der Waals surface area (Å²) >= 11 is 1.82. The summed E-state index contributed by atoms with van der Waals surface area (Å²) in [5.41, 5.74) is 3.92. The number of anilines is 2. The molecule has 3 rings (SSSR count). The highest BCUT2D eigenvalue weighted by Gasteiger charge is 2.28. The predicted molar refractivity (Wildman–Crippen MR) is 80.2 cm³/mol. The van der Waals surface area contributed by atoms with Crippen molar-refractivity contribution in [1.29, 1.82) is 0 Å². The zero-order valence-electron chi connectivity index (χ0n) is 11.5. The summed E-state index contributed by atoms with van der Waals surface area (Å²) < 4.78 is 5.43. The van der Waals surface area contributed by atoms with Gasteiger partial charge >= 0.3 is 0 Å². The molecule has 0 bridgehead atoms. The summed E-state index contributed by atoms with van der Waals surface area (Å²) in [6.07, 6.45) is 2.53. The fraction of sp³-hybridized carbons (Fsp3) is 0.385. The smallest absolute Gasteiger partial charge is 0.205 e. The van der Waals surface area contributed by atoms with Gasteiger partial charge in [0.25, 0.3) is 0 Å². The quantitative estimate of drug-likeness (QED) is 0.665. The van der Waals surface area contributed by atoms with Gasteiger partial charge in [0, 0.05) is 11.4 Å². The molecule has 2 aromatic rings. The molecule has 2 aromatic heterocycles. The van der Waals surface area contributed by atoms with Crippen molar-refractivity contribution in [3.63, 3.8) is 0 Å². The summed E-state index contributed by atoms with van der Waals surface area (Å²) in [5.74, 6) is 7.34. The largest absolute Gasteiger partial charge is 0.490 e. The highest BCUT2D eigenvalue weighted by Crippen LogP contribution is 2.40. The standard InChI is InChI=1S/C13H17N5OS/c1-8-9-4-6-20-10(9)3-5-18(8)13-11(19-2)12(17-14)15-7-16-13/h4,6-8H,3,5,14H2,1-2H3,(H,15,16,17). The van der Waals surface area contributed by atoms with E-state index in [9.17, 15) is 0 Å². The van der Waals surface area contributed by atoms with Crippen molar-refractivity contribution in [3.8, 4) is 5.75 Å². The first-order valence-corrected chi connectivity index (χ1v) is 7.32. The van der Waals surface area contributed by atoms with E-state index in [1.54, 1.807) is 7.11 Å². The lowest BCUT2D eigenvalue weighted by Crippen LogP contribution is -2.34. The number of rotatable bonds is 3. The number of hydrogen-bond donors (Lipinski definition) is 2. The van der Waals surface area contributed by atoms with E-state index >= 15 is 0 Å². The van der Waals surface area contributed by atoms with Crippen molar-refractivity contribution in [3.05, 3.63) is 28.2 Å². The summed E-state index contributed by atoms with van der Waals surface area (Å²) in [6.45, 7) is 3.09. The molecule has 0 saturated carbocycles. The molecule has 0 fully saturated rings. The number of aromatic nitrogens is 2. The third-order valence-corrected chi connectivity index (χ3v) is 4.67. The number of nitrogens with one attached hydrogen (secondary N) is 1. The lowest BCUT2D eigenvalue weighted by Gasteiger charge is -2.35. The van der Waals surface area contributed by atoms with Gasteiger partial charge in [0.05, 0.1) is 13.2 Å². The van der Waals surface area contributed by atoms with Crippen molar-refractivity contribution in [2.45, 2.75) is 19.4 Å². The predicted octanol–water partition coefficient (Wildman–Crippen LogP) is 1.96. The average molecular weight is 291 g/mol. The molecular weight excluding hydrogens is 274 g/mol. The number of nitrogens with zero attached hydrogens (tertiary/aromatic N) is 3. The van der Waals surface area contributed by atoms with Gasteiger partial charge in [-0.15, -0.1) is 11.3 Å². The van der Waals surface area contributed by atoms with E-state index in [2.05, 4.69) is 38.7 Å². The molecule has 7 heteroatoms. The van der Waals surface area contributed by atoms with Crippen LogP contribution in [0.2, 0.25) is 0 Å². The van der Waals surface area contributed by atoms with Gasteiger partial charge in [0.1, 0.15) is 6.33 Å². The van der Waals surface area contributed by atoms with Crippen molar-refractivity contribution in [1.82, 2.24) is 9.97 Å². The Labute approximate surface area is 121 Å². The molecule has 0 aromatic carbocycles. The second-order valence-corrected chi connectivity index (χ2v) is 5.64. The van der Waals surface area contributed by atoms with E-state index < -0.39 is 0 Å². The van der Waals surface area contributed by atoms with Gasteiger partial charge in [0.2, 0.25) is 5.75 Å². The Bertz CT molecular complexity index is 615. The minimum atomic E-state index is 0.263. The van der Waals surface area contributed by atoms with Crippen molar-refractivity contribution in [2.75, 3.05) is 24.0 Å². The van der Waals surface area contributed by atoms with Gasteiger partial charge in [-0.25, -0.2) is 15.8 Å². The summed E-state index contributed by atoms with van der Waals surface area (Å²) in [6, 6.07) is 2.45. The molecule has 1 unspecified atom stereocenters. The number of fused-ring (bicyclic) bond motifs is 1. The maximum atomic E-state index is 5.48. The zero-order valence-corrected chi connectivity index (χ0v) is 12.3. The summed E-state index contributed by atoms with van der Waals surface area (Å²) in [7, 11) is 1.60. The Balaban J connectivity index is 2.02. The molecular formula is C13H17N5OS. The number of ether oxygens (including phenoxy) is 1. The molecule has 6 nitrogen and oxygen atoms in total. The molecule has 0 radical (unpaired) electrons. The van der Waals surface area contributed by atoms with E-state index in [-0.39, 0.29) is 6.04 Å². The monoisotopic (exact) mass is 291 g/mol. The van der Waals surface area contributed by atoms with Crippen LogP contribution in [0.4, 0.5) is 11.6 Å². The molecule has 1 aliphatic heterocycles. The van der Waals surface area contributed by atoms with E-state index in [1.165, 1.54) is 16.8 Å². The van der Waals surface area contributed by atoms with Crippen LogP contribution in [0, 0.1) is 0 Å². The van der Waals surface area contributed by atoms with Crippen LogP contribution in [0.1, 0.15) is 23.4 Å². The third-order valence-electron chi connectivity index (χ3n) is 3.68. The number of hydrazine groups is 1. The number of hydrogen-bond acceptors (Lipinski definition) is 7. The lowest BCUT2D eigenvalue weighted by atomic mass is 10.0. The highest BCUT2D eigenvalue weighted by atomic mass is 32.1. The number of nitrogen functional groups attached to an aromatic ring is 1. The van der Waals surface area contributed by atoms with E-state index in [0.717, 1.165) is 18.8 Å². The van der Waals surface area contributed by atoms with Gasteiger partial charge in [-0.1, -0.05) is 0 Å². The first-order chi connectivity index (χ1) is 9.76. The number of nitrogens with two attached hydrogens (primary N) is 1. The van der Waals surface area contributed by atoms with Gasteiger partial charge in [-0.05, 0) is 30.4 Å². The second-order valence-electron chi connectivity index (χ2n) is 4.64. The molecule has 1 atom stereocenters. The third kappa shape index (κ3) is 1.99. The summed E-state index contributed by atoms with van der Waals surface area (Å²) in [5, 5.41) is 2.15. The lowest BCUT2D eigenvalue weighted by molar-refractivity contribution is 0.410. The van der Waals surface area contributed by atoms with Crippen LogP contribution >= 0.6 is 11.3 Å². The maximum absolute atomic E-state index is 5.48. The average Bonchev–Trinajstić information content (AvgIpc) is 2.96. The van der Waals surface area contributed by atoms with Crippen molar-refractivity contribution >= 4 is 23.0 Å². The minimum absolute atomic E-state index is 0.263. The SMILES string of the molecule is COc1c(NN)ncnc1N1CCc2sccc2C1C. The van der Waals surface area contributed by atoms with Crippen molar-refractivity contribution in [2.24, 2.45) is 5.84 Å². The highest BCUT2D eigenvalue weighted by molar-refractivity contribution is 7.10. The molecule has 20 heavy (non-hydrogen) atoms. The fourth-order valence-corrected chi connectivity index (χ4v) is 3.62. The van der Waals surface area contributed by atoms with Crippen LogP contribution in [-0.2, 0) is 6.42 Å². The minimum Gasteiger partial charge on any atom is -0.490 e. The Hall–Kier alpha value is -1.86. The molecule has 3 heterocycles. The molecule has 3 N–H and O–H groups in total. The van der Waals surface area contributed by atoms with Gasteiger partial charge < -0.3 is 15.1 Å². The topological polar surface area (TPSA) is 76.3 Å². The van der Waals surface area contributed by atoms with Crippen LogP contribution in [0.25, 0.3) is 0 Å². The second kappa shape index (κ2) is 5.26. The molecule has 0 amide bonds. The summed E-state index contributed by atoms with van der Waals surface area (Å²) in [4.78, 5) is 12.2. The Morgan fingerprint density at radius 2 is 2.35 bits per heavy atom. The normalized spacial score (nSPS) is 17.8. The van der Waals surface area contributed by atoms with Crippen LogP contribution in [0.3, 0.4) is 0 Å². The Morgan fingerprint density at radius 3 is 3.10 bits per heavy atom. The van der Waals surface area contributed by atoms with Gasteiger partial charge in [-0.2, -0.15) is 0 Å². The number of methoxy groups -OCH3 is 1. The zero-order chi connectivity index (χ0) is 14.1. The first kappa shape index (κ1) is 13.1. The Kier molecular flexibility index (Phi) is 3.45. The Morgan fingerprint density at radius 1 is 1.50 bits per heavy atom. The van der Waals surface area contributed by atoms with E-state index in [1.807, 2.05) is 11.3 Å². The van der Waals surface area contributed by atoms with Crippen LogP contribution in [0.5, 0.6) is 5.75 Å². The molecule has 0 saturated heterocycles.